The highest BCUT2D eigenvalue weighted by atomic mass is 79.9. The van der Waals surface area contributed by atoms with Crippen molar-refractivity contribution in [3.05, 3.63) is 34.3 Å². The van der Waals surface area contributed by atoms with Gasteiger partial charge in [-0.05, 0) is 42.5 Å². The first-order valence-corrected chi connectivity index (χ1v) is 7.98. The van der Waals surface area contributed by atoms with E-state index in [1.807, 2.05) is 0 Å². The van der Waals surface area contributed by atoms with E-state index in [2.05, 4.69) is 52.4 Å². The summed E-state index contributed by atoms with van der Waals surface area (Å²) in [6.45, 7) is 4.55. The third kappa shape index (κ3) is 4.74. The normalized spacial score (nSPS) is 24.1. The molecule has 0 atom stereocenters. The summed E-state index contributed by atoms with van der Waals surface area (Å²) in [4.78, 5) is 0. The van der Waals surface area contributed by atoms with Crippen molar-refractivity contribution in [1.29, 1.82) is 0 Å². The molecule has 1 aliphatic rings. The second-order valence-electron chi connectivity index (χ2n) is 5.72. The van der Waals surface area contributed by atoms with Gasteiger partial charge in [0.25, 0.3) is 0 Å². The van der Waals surface area contributed by atoms with Gasteiger partial charge in [0.1, 0.15) is 0 Å². The summed E-state index contributed by atoms with van der Waals surface area (Å²) in [5.74, 6) is 1.94. The molecule has 1 aromatic carbocycles. The molecule has 0 aromatic heterocycles. The lowest BCUT2D eigenvalue weighted by molar-refractivity contribution is 0.275. The van der Waals surface area contributed by atoms with Gasteiger partial charge in [0.05, 0.1) is 0 Å². The van der Waals surface area contributed by atoms with Crippen LogP contribution >= 0.6 is 15.9 Å². The van der Waals surface area contributed by atoms with Crippen LogP contribution in [0.2, 0.25) is 0 Å². The van der Waals surface area contributed by atoms with Crippen molar-refractivity contribution in [3.63, 3.8) is 0 Å². The molecule has 1 fully saturated rings. The Labute approximate surface area is 119 Å². The van der Waals surface area contributed by atoms with Gasteiger partial charge in [-0.3, -0.25) is 0 Å². The van der Waals surface area contributed by atoms with Crippen LogP contribution in [0, 0.1) is 11.8 Å². The number of nitrogens with one attached hydrogen (secondary N) is 1. The van der Waals surface area contributed by atoms with E-state index in [4.69, 9.17) is 0 Å². The highest BCUT2D eigenvalue weighted by Crippen LogP contribution is 2.29. The zero-order valence-corrected chi connectivity index (χ0v) is 12.9. The summed E-state index contributed by atoms with van der Waals surface area (Å²) in [6.07, 6.45) is 7.13. The van der Waals surface area contributed by atoms with Gasteiger partial charge in [-0.25, -0.2) is 0 Å². The van der Waals surface area contributed by atoms with Gasteiger partial charge in [-0.2, -0.15) is 0 Å². The number of hydrogen-bond donors (Lipinski definition) is 1. The molecule has 100 valence electrons. The summed E-state index contributed by atoms with van der Waals surface area (Å²) < 4.78 is 1.16. The Morgan fingerprint density at radius 3 is 2.44 bits per heavy atom. The van der Waals surface area contributed by atoms with E-state index in [1.54, 1.807) is 0 Å². The molecular weight excluding hydrogens is 286 g/mol. The van der Waals surface area contributed by atoms with Gasteiger partial charge in [-0.15, -0.1) is 0 Å². The Morgan fingerprint density at radius 1 is 1.11 bits per heavy atom. The quantitative estimate of drug-likeness (QED) is 0.774. The van der Waals surface area contributed by atoms with E-state index >= 15 is 0 Å². The van der Waals surface area contributed by atoms with Crippen LogP contribution in [0.5, 0.6) is 0 Å². The van der Waals surface area contributed by atoms with E-state index in [-0.39, 0.29) is 0 Å². The fourth-order valence-corrected chi connectivity index (χ4v) is 3.02. The number of hydrogen-bond acceptors (Lipinski definition) is 1. The molecule has 2 heteroatoms. The first-order chi connectivity index (χ1) is 8.74. The fourth-order valence-electron chi connectivity index (χ4n) is 2.76. The number of benzene rings is 1. The lowest BCUT2D eigenvalue weighted by Gasteiger charge is -2.26. The minimum absolute atomic E-state index is 0.969. The van der Waals surface area contributed by atoms with Crippen LogP contribution in [0.4, 0.5) is 0 Å². The predicted octanol–water partition coefficient (Wildman–Crippen LogP) is 4.76. The second kappa shape index (κ2) is 7.30. The van der Waals surface area contributed by atoms with Crippen molar-refractivity contribution in [1.82, 2.24) is 5.32 Å². The largest absolute Gasteiger partial charge is 0.313 e. The highest BCUT2D eigenvalue weighted by Gasteiger charge is 2.17. The second-order valence-corrected chi connectivity index (χ2v) is 6.63. The summed E-state index contributed by atoms with van der Waals surface area (Å²) >= 11 is 3.46. The summed E-state index contributed by atoms with van der Waals surface area (Å²) in [7, 11) is 0. The van der Waals surface area contributed by atoms with Gasteiger partial charge < -0.3 is 5.32 Å². The number of halogens is 1. The zero-order valence-electron chi connectivity index (χ0n) is 11.3. The Morgan fingerprint density at radius 2 is 1.78 bits per heavy atom. The van der Waals surface area contributed by atoms with Gasteiger partial charge in [-0.1, -0.05) is 60.7 Å². The molecule has 0 amide bonds. The number of rotatable bonds is 5. The molecule has 1 N–H and O–H groups in total. The van der Waals surface area contributed by atoms with Crippen LogP contribution in [-0.2, 0) is 6.54 Å². The van der Waals surface area contributed by atoms with Crippen molar-refractivity contribution < 1.29 is 0 Å². The molecule has 0 bridgehead atoms. The van der Waals surface area contributed by atoms with E-state index in [0.29, 0.717) is 0 Å². The SMILES string of the molecule is CC1CCC(CCNCc2ccc(Br)cc2)CC1. The van der Waals surface area contributed by atoms with Crippen molar-refractivity contribution in [3.8, 4) is 0 Å². The van der Waals surface area contributed by atoms with Gasteiger partial charge >= 0.3 is 0 Å². The minimum atomic E-state index is 0.969. The van der Waals surface area contributed by atoms with Gasteiger partial charge in [0, 0.05) is 11.0 Å². The maximum atomic E-state index is 3.56. The Bertz CT molecular complexity index is 339. The third-order valence-electron chi connectivity index (χ3n) is 4.11. The molecule has 18 heavy (non-hydrogen) atoms. The molecule has 0 radical (unpaired) electrons. The lowest BCUT2D eigenvalue weighted by atomic mass is 9.81. The summed E-state index contributed by atoms with van der Waals surface area (Å²) in [5.41, 5.74) is 1.37. The molecule has 0 aliphatic heterocycles. The summed E-state index contributed by atoms with van der Waals surface area (Å²) in [5, 5.41) is 3.56. The molecule has 1 nitrogen and oxygen atoms in total. The Hall–Kier alpha value is -0.340. The van der Waals surface area contributed by atoms with Gasteiger partial charge in [0.15, 0.2) is 0 Å². The third-order valence-corrected chi connectivity index (χ3v) is 4.64. The molecule has 1 saturated carbocycles. The molecule has 0 heterocycles. The lowest BCUT2D eigenvalue weighted by Crippen LogP contribution is -2.20. The monoisotopic (exact) mass is 309 g/mol. The minimum Gasteiger partial charge on any atom is -0.313 e. The Balaban J connectivity index is 1.60. The van der Waals surface area contributed by atoms with Crippen LogP contribution in [0.15, 0.2) is 28.7 Å². The first-order valence-electron chi connectivity index (χ1n) is 7.19. The van der Waals surface area contributed by atoms with Crippen LogP contribution in [0.1, 0.15) is 44.6 Å². The van der Waals surface area contributed by atoms with E-state index < -0.39 is 0 Å². The molecule has 0 saturated heterocycles. The fraction of sp³-hybridized carbons (Fsp3) is 0.625. The van der Waals surface area contributed by atoms with E-state index in [0.717, 1.165) is 29.4 Å². The molecular formula is C16H24BrN. The topological polar surface area (TPSA) is 12.0 Å². The van der Waals surface area contributed by atoms with Crippen molar-refractivity contribution >= 4 is 15.9 Å². The van der Waals surface area contributed by atoms with Crippen LogP contribution in [0.25, 0.3) is 0 Å². The molecule has 1 aromatic rings. The van der Waals surface area contributed by atoms with Crippen LogP contribution in [0.3, 0.4) is 0 Å². The van der Waals surface area contributed by atoms with Crippen LogP contribution < -0.4 is 5.32 Å². The first kappa shape index (κ1) is 14.1. The van der Waals surface area contributed by atoms with Crippen molar-refractivity contribution in [2.24, 2.45) is 11.8 Å². The zero-order chi connectivity index (χ0) is 12.8. The smallest absolute Gasteiger partial charge is 0.0205 e. The maximum Gasteiger partial charge on any atom is 0.0205 e. The van der Waals surface area contributed by atoms with Gasteiger partial charge in [0.2, 0.25) is 0 Å². The molecule has 2 rings (SSSR count). The summed E-state index contributed by atoms with van der Waals surface area (Å²) in [6, 6.07) is 8.58. The van der Waals surface area contributed by atoms with Crippen molar-refractivity contribution in [2.45, 2.75) is 45.6 Å². The average molecular weight is 310 g/mol. The maximum absolute atomic E-state index is 3.56. The molecule has 0 unspecified atom stereocenters. The van der Waals surface area contributed by atoms with E-state index in [9.17, 15) is 0 Å². The molecule has 0 spiro atoms. The van der Waals surface area contributed by atoms with Crippen LogP contribution in [-0.4, -0.2) is 6.54 Å². The Kier molecular flexibility index (Phi) is 5.71. The van der Waals surface area contributed by atoms with E-state index in [1.165, 1.54) is 37.7 Å². The predicted molar refractivity (Wildman–Crippen MR) is 81.6 cm³/mol. The highest BCUT2D eigenvalue weighted by molar-refractivity contribution is 9.10. The van der Waals surface area contributed by atoms with Crippen molar-refractivity contribution in [2.75, 3.05) is 6.54 Å². The average Bonchev–Trinajstić information content (AvgIpc) is 2.39. The standard InChI is InChI=1S/C16H24BrN/c1-13-2-4-14(5-3-13)10-11-18-12-15-6-8-16(17)9-7-15/h6-9,13-14,18H,2-5,10-12H2,1H3. The molecule has 1 aliphatic carbocycles.